The van der Waals surface area contributed by atoms with Crippen molar-refractivity contribution in [3.63, 3.8) is 0 Å². The summed E-state index contributed by atoms with van der Waals surface area (Å²) in [4.78, 5) is 18.3. The van der Waals surface area contributed by atoms with Gasteiger partial charge in [-0.05, 0) is 13.0 Å². The Morgan fingerprint density at radius 3 is 2.40 bits per heavy atom. The molecule has 25 heavy (non-hydrogen) atoms. The van der Waals surface area contributed by atoms with Gasteiger partial charge in [-0.3, -0.25) is 4.79 Å². The second-order valence-electron chi connectivity index (χ2n) is 4.92. The van der Waals surface area contributed by atoms with E-state index in [0.717, 1.165) is 24.5 Å². The predicted molar refractivity (Wildman–Crippen MR) is 78.0 cm³/mol. The molecule has 2 heterocycles. The zero-order valence-corrected chi connectivity index (χ0v) is 13.2. The van der Waals surface area contributed by atoms with Gasteiger partial charge in [-0.1, -0.05) is 0 Å². The summed E-state index contributed by atoms with van der Waals surface area (Å²) in [5, 5.41) is 2.85. The third-order valence-electron chi connectivity index (χ3n) is 3.06. The molecule has 1 amide bonds. The number of carbonyl (C=O) groups excluding carboxylic acids is 1. The number of carbonyl (C=O) groups is 1. The van der Waals surface area contributed by atoms with E-state index in [2.05, 4.69) is 9.97 Å². The van der Waals surface area contributed by atoms with E-state index in [1.165, 1.54) is 5.38 Å². The quantitative estimate of drug-likeness (QED) is 0.788. The summed E-state index contributed by atoms with van der Waals surface area (Å²) < 4.78 is 77.4. The zero-order valence-electron chi connectivity index (χ0n) is 12.4. The molecule has 5 nitrogen and oxygen atoms in total. The molecule has 0 radical (unpaired) electrons. The maximum atomic E-state index is 13.3. The Kier molecular flexibility index (Phi) is 4.93. The molecule has 136 valence electrons. The van der Waals surface area contributed by atoms with E-state index in [1.807, 2.05) is 5.32 Å². The molecule has 0 spiro atoms. The van der Waals surface area contributed by atoms with Crippen LogP contribution in [0, 0.1) is 0 Å². The van der Waals surface area contributed by atoms with Gasteiger partial charge in [0.05, 0.1) is 11.3 Å². The summed E-state index contributed by atoms with van der Waals surface area (Å²) in [5.74, 6) is -1.50. The normalized spacial score (nSPS) is 13.6. The number of pyridine rings is 1. The standard InChI is InChI=1S/C13H10F6N4OS/c1-5(12(14,15)16)22-9-2-7(13(17,18)19)6(3-21-9)8-4-25-11(23-8)10(20)24/h2-5H,1H3,(H2,20,24)(H,21,22)/t5-/m0/s1. The second-order valence-corrected chi connectivity index (χ2v) is 5.78. The van der Waals surface area contributed by atoms with Crippen molar-refractivity contribution in [1.29, 1.82) is 0 Å². The molecular formula is C13H10F6N4OS. The van der Waals surface area contributed by atoms with Crippen molar-refractivity contribution in [3.8, 4) is 11.3 Å². The Morgan fingerprint density at radius 1 is 1.28 bits per heavy atom. The summed E-state index contributed by atoms with van der Waals surface area (Å²) in [6, 6.07) is -1.63. The number of anilines is 1. The third kappa shape index (κ3) is 4.38. The number of primary amides is 1. The highest BCUT2D eigenvalue weighted by Gasteiger charge is 2.38. The lowest BCUT2D eigenvalue weighted by Gasteiger charge is -2.19. The largest absolute Gasteiger partial charge is 0.417 e. The van der Waals surface area contributed by atoms with E-state index in [4.69, 9.17) is 5.73 Å². The first-order valence-corrected chi connectivity index (χ1v) is 7.43. The summed E-state index contributed by atoms with van der Waals surface area (Å²) in [6.45, 7) is 0.752. The fraction of sp³-hybridized carbons (Fsp3) is 0.308. The molecule has 0 saturated carbocycles. The first kappa shape index (κ1) is 19.0. The van der Waals surface area contributed by atoms with E-state index in [1.54, 1.807) is 0 Å². The maximum absolute atomic E-state index is 13.3. The van der Waals surface area contributed by atoms with Gasteiger partial charge in [0.15, 0.2) is 5.01 Å². The Bertz CT molecular complexity index is 786. The number of nitrogens with one attached hydrogen (secondary N) is 1. The number of rotatable bonds is 4. The predicted octanol–water partition coefficient (Wildman–Crippen LogP) is 3.69. The van der Waals surface area contributed by atoms with Crippen molar-refractivity contribution >= 4 is 23.1 Å². The van der Waals surface area contributed by atoms with Crippen LogP contribution in [0.25, 0.3) is 11.3 Å². The van der Waals surface area contributed by atoms with Gasteiger partial charge in [-0.25, -0.2) is 9.97 Å². The number of alkyl halides is 6. The highest BCUT2D eigenvalue weighted by atomic mass is 32.1. The molecular weight excluding hydrogens is 374 g/mol. The fourth-order valence-electron chi connectivity index (χ4n) is 1.79. The van der Waals surface area contributed by atoms with Crippen molar-refractivity contribution in [2.75, 3.05) is 5.32 Å². The molecule has 12 heteroatoms. The molecule has 2 aromatic heterocycles. The fourth-order valence-corrected chi connectivity index (χ4v) is 2.46. The lowest BCUT2D eigenvalue weighted by molar-refractivity contribution is -0.138. The second kappa shape index (κ2) is 6.50. The number of hydrogen-bond acceptors (Lipinski definition) is 5. The van der Waals surface area contributed by atoms with Crippen molar-refractivity contribution in [2.45, 2.75) is 25.3 Å². The Labute approximate surface area is 140 Å². The van der Waals surface area contributed by atoms with Crippen molar-refractivity contribution < 1.29 is 31.1 Å². The van der Waals surface area contributed by atoms with Gasteiger partial charge in [-0.15, -0.1) is 11.3 Å². The Balaban J connectivity index is 2.46. The molecule has 0 saturated heterocycles. The summed E-state index contributed by atoms with van der Waals surface area (Å²) in [5.41, 5.74) is 3.10. The van der Waals surface area contributed by atoms with Crippen LogP contribution in [-0.2, 0) is 6.18 Å². The van der Waals surface area contributed by atoms with Crippen LogP contribution in [0.3, 0.4) is 0 Å². The van der Waals surface area contributed by atoms with Gasteiger partial charge in [0.1, 0.15) is 11.9 Å². The number of nitrogens with zero attached hydrogens (tertiary/aromatic N) is 2. The van der Waals surface area contributed by atoms with E-state index < -0.39 is 41.2 Å². The van der Waals surface area contributed by atoms with Crippen LogP contribution < -0.4 is 11.1 Å². The maximum Gasteiger partial charge on any atom is 0.417 e. The van der Waals surface area contributed by atoms with Gasteiger partial charge >= 0.3 is 12.4 Å². The van der Waals surface area contributed by atoms with Crippen molar-refractivity contribution in [2.24, 2.45) is 5.73 Å². The van der Waals surface area contributed by atoms with E-state index in [9.17, 15) is 31.1 Å². The van der Waals surface area contributed by atoms with E-state index in [-0.39, 0.29) is 10.7 Å². The number of hydrogen-bond donors (Lipinski definition) is 2. The average molecular weight is 384 g/mol. The number of thiazole rings is 1. The van der Waals surface area contributed by atoms with Crippen LogP contribution in [-0.4, -0.2) is 28.1 Å². The lowest BCUT2D eigenvalue weighted by atomic mass is 10.1. The van der Waals surface area contributed by atoms with Crippen LogP contribution in [0.5, 0.6) is 0 Å². The van der Waals surface area contributed by atoms with Gasteiger partial charge in [0.2, 0.25) is 0 Å². The summed E-state index contributed by atoms with van der Waals surface area (Å²) in [7, 11) is 0. The smallest absolute Gasteiger partial charge is 0.364 e. The third-order valence-corrected chi connectivity index (χ3v) is 3.91. The topological polar surface area (TPSA) is 80.9 Å². The number of nitrogens with two attached hydrogens (primary N) is 1. The van der Waals surface area contributed by atoms with Gasteiger partial charge in [0.25, 0.3) is 5.91 Å². The Hall–Kier alpha value is -2.37. The zero-order chi connectivity index (χ0) is 19.0. The van der Waals surface area contributed by atoms with Gasteiger partial charge in [-0.2, -0.15) is 26.3 Å². The van der Waals surface area contributed by atoms with Crippen LogP contribution in [0.4, 0.5) is 32.2 Å². The molecule has 3 N–H and O–H groups in total. The molecule has 0 unspecified atom stereocenters. The van der Waals surface area contributed by atoms with Gasteiger partial charge < -0.3 is 11.1 Å². The molecule has 0 bridgehead atoms. The molecule has 0 aliphatic heterocycles. The highest BCUT2D eigenvalue weighted by molar-refractivity contribution is 7.12. The molecule has 2 aromatic rings. The van der Waals surface area contributed by atoms with Crippen LogP contribution in [0.15, 0.2) is 17.6 Å². The van der Waals surface area contributed by atoms with Crippen LogP contribution in [0.1, 0.15) is 22.3 Å². The summed E-state index contributed by atoms with van der Waals surface area (Å²) >= 11 is 0.745. The number of amides is 1. The minimum atomic E-state index is -4.87. The SMILES string of the molecule is C[C@H](Nc1cc(C(F)(F)F)c(-c2csc(C(N)=O)n2)cn1)C(F)(F)F. The molecule has 2 rings (SSSR count). The molecule has 1 atom stereocenters. The minimum absolute atomic E-state index is 0.198. The van der Waals surface area contributed by atoms with E-state index >= 15 is 0 Å². The highest BCUT2D eigenvalue weighted by Crippen LogP contribution is 2.38. The lowest BCUT2D eigenvalue weighted by Crippen LogP contribution is -2.33. The first-order chi connectivity index (χ1) is 11.4. The monoisotopic (exact) mass is 384 g/mol. The van der Waals surface area contributed by atoms with Crippen molar-refractivity contribution in [1.82, 2.24) is 9.97 Å². The summed E-state index contributed by atoms with van der Waals surface area (Å²) in [6.07, 6.45) is -8.77. The number of halogens is 6. The molecule has 0 fully saturated rings. The Morgan fingerprint density at radius 2 is 1.92 bits per heavy atom. The average Bonchev–Trinajstić information content (AvgIpc) is 2.95. The molecule has 0 aliphatic rings. The van der Waals surface area contributed by atoms with Crippen LogP contribution >= 0.6 is 11.3 Å². The first-order valence-electron chi connectivity index (χ1n) is 6.55. The van der Waals surface area contributed by atoms with Crippen LogP contribution in [0.2, 0.25) is 0 Å². The van der Waals surface area contributed by atoms with Gasteiger partial charge in [0, 0.05) is 17.1 Å². The van der Waals surface area contributed by atoms with E-state index in [0.29, 0.717) is 6.07 Å². The number of aromatic nitrogens is 2. The minimum Gasteiger partial charge on any atom is -0.364 e. The molecule has 0 aromatic carbocycles. The molecule has 0 aliphatic carbocycles. The van der Waals surface area contributed by atoms with Crippen molar-refractivity contribution in [3.05, 3.63) is 28.2 Å².